The molecule has 13 nitrogen and oxygen atoms in total. The normalized spacial score (nSPS) is 19.0. The minimum atomic E-state index is -0.696. The molecule has 0 bridgehead atoms. The Morgan fingerprint density at radius 1 is 1.09 bits per heavy atom. The first-order chi connectivity index (χ1) is 26.2. The summed E-state index contributed by atoms with van der Waals surface area (Å²) in [5.74, 6) is 1.88. The minimum Gasteiger partial charge on any atom is -0.492 e. The number of amides is 2. The topological polar surface area (TPSA) is 167 Å². The summed E-state index contributed by atoms with van der Waals surface area (Å²) in [5, 5.41) is 0. The summed E-state index contributed by atoms with van der Waals surface area (Å²) in [4.78, 5) is 54.7. The summed E-state index contributed by atoms with van der Waals surface area (Å²) in [6.45, 7) is 5.69. The number of primary amides is 1. The third kappa shape index (κ3) is 8.33. The number of fused-ring (bicyclic) bond motifs is 1. The second-order valence-electron chi connectivity index (χ2n) is 13.9. The van der Waals surface area contributed by atoms with Gasteiger partial charge in [0.15, 0.2) is 0 Å². The number of imidazole rings is 1. The van der Waals surface area contributed by atoms with Crippen molar-refractivity contribution in [2.75, 3.05) is 50.8 Å². The van der Waals surface area contributed by atoms with Crippen LogP contribution in [0.2, 0.25) is 0 Å². The number of hydrogen-bond acceptors (Lipinski definition) is 8. The Kier molecular flexibility index (Phi) is 11.1. The van der Waals surface area contributed by atoms with Crippen LogP contribution in [0.15, 0.2) is 72.9 Å². The lowest BCUT2D eigenvalue weighted by Crippen LogP contribution is -2.47. The molecule has 2 saturated heterocycles. The second kappa shape index (κ2) is 16.4. The van der Waals surface area contributed by atoms with Crippen LogP contribution in [-0.2, 0) is 16.1 Å². The number of amidine groups is 1. The number of aldehydes is 1. The molecule has 280 valence electrons. The van der Waals surface area contributed by atoms with Gasteiger partial charge < -0.3 is 30.0 Å². The number of carbonyl (C=O) groups is 3. The molecule has 2 aromatic heterocycles. The molecule has 7 rings (SSSR count). The van der Waals surface area contributed by atoms with Crippen LogP contribution in [0.5, 0.6) is 5.75 Å². The number of nitrogens with one attached hydrogen (secondary N) is 1. The molecule has 14 heteroatoms. The Labute approximate surface area is 313 Å². The molecular weight excluding hydrogens is 689 g/mol. The number of carbonyl (C=O) groups excluding carboxylic acids is 3. The van der Waals surface area contributed by atoms with Crippen molar-refractivity contribution < 1.29 is 28.1 Å². The number of benzene rings is 2. The van der Waals surface area contributed by atoms with Crippen molar-refractivity contribution in [1.82, 2.24) is 24.8 Å². The summed E-state index contributed by atoms with van der Waals surface area (Å²) in [6, 6.07) is 17.4. The van der Waals surface area contributed by atoms with Crippen LogP contribution in [-0.4, -0.2) is 105 Å². The van der Waals surface area contributed by atoms with Crippen LogP contribution >= 0.6 is 0 Å². The van der Waals surface area contributed by atoms with Gasteiger partial charge >= 0.3 is 0 Å². The zero-order chi connectivity index (χ0) is 37.6. The number of pyridine rings is 1. The van der Waals surface area contributed by atoms with E-state index in [0.717, 1.165) is 80.4 Å². The van der Waals surface area contributed by atoms with Gasteiger partial charge in [-0.2, -0.15) is 0 Å². The SMILES string of the molecule is NC(=O)CCC(C=O)N1Cc2cc(OCCN3CCN(c4cccc(-c5cnc(/C=C\C(N)=[N+]6CCC[C@@H]6c6cccc(F)c6)[nH]5)n4)CC3)ccc2C1=O. The fourth-order valence-electron chi connectivity index (χ4n) is 7.45. The summed E-state index contributed by atoms with van der Waals surface area (Å²) in [7, 11) is 0. The highest BCUT2D eigenvalue weighted by atomic mass is 19.1. The number of piperazine rings is 1. The van der Waals surface area contributed by atoms with Gasteiger partial charge in [-0.25, -0.2) is 14.4 Å². The highest BCUT2D eigenvalue weighted by Gasteiger charge is 2.33. The van der Waals surface area contributed by atoms with Gasteiger partial charge in [-0.05, 0) is 78.9 Å². The number of rotatable bonds is 14. The lowest BCUT2D eigenvalue weighted by atomic mass is 10.1. The van der Waals surface area contributed by atoms with E-state index in [0.29, 0.717) is 35.9 Å². The maximum Gasteiger partial charge on any atom is 0.268 e. The van der Waals surface area contributed by atoms with Crippen molar-refractivity contribution >= 4 is 35.8 Å². The largest absolute Gasteiger partial charge is 0.492 e. The van der Waals surface area contributed by atoms with Crippen LogP contribution < -0.4 is 21.1 Å². The van der Waals surface area contributed by atoms with E-state index < -0.39 is 11.9 Å². The summed E-state index contributed by atoms with van der Waals surface area (Å²) >= 11 is 0. The van der Waals surface area contributed by atoms with E-state index >= 15 is 0 Å². The Balaban J connectivity index is 0.892. The van der Waals surface area contributed by atoms with E-state index in [1.807, 2.05) is 42.5 Å². The average Bonchev–Trinajstić information content (AvgIpc) is 3.94. The number of nitrogens with zero attached hydrogens (tertiary/aromatic N) is 6. The highest BCUT2D eigenvalue weighted by Crippen LogP contribution is 2.30. The van der Waals surface area contributed by atoms with Crippen LogP contribution in [0.4, 0.5) is 10.2 Å². The van der Waals surface area contributed by atoms with Gasteiger partial charge in [0, 0.05) is 57.3 Å². The first-order valence-electron chi connectivity index (χ1n) is 18.4. The van der Waals surface area contributed by atoms with Crippen LogP contribution in [0, 0.1) is 5.82 Å². The predicted molar refractivity (Wildman–Crippen MR) is 202 cm³/mol. The van der Waals surface area contributed by atoms with Crippen molar-refractivity contribution in [2.24, 2.45) is 11.5 Å². The Bertz CT molecular complexity index is 2070. The van der Waals surface area contributed by atoms with Crippen LogP contribution in [0.25, 0.3) is 17.5 Å². The molecule has 0 aliphatic carbocycles. The van der Waals surface area contributed by atoms with Crippen molar-refractivity contribution in [1.29, 1.82) is 0 Å². The molecule has 0 radical (unpaired) electrons. The quantitative estimate of drug-likeness (QED) is 0.0999. The molecule has 3 aliphatic rings. The fraction of sp³-hybridized carbons (Fsp3) is 0.350. The van der Waals surface area contributed by atoms with Crippen molar-refractivity contribution in [3.63, 3.8) is 0 Å². The summed E-state index contributed by atoms with van der Waals surface area (Å²) in [6.07, 6.45) is 8.33. The van der Waals surface area contributed by atoms with Gasteiger partial charge in [-0.15, -0.1) is 0 Å². The number of aromatic amines is 1. The van der Waals surface area contributed by atoms with Gasteiger partial charge in [0.05, 0.1) is 30.2 Å². The molecular formula is C40H45FN9O4+. The van der Waals surface area contributed by atoms with Gasteiger partial charge in [0.1, 0.15) is 42.1 Å². The van der Waals surface area contributed by atoms with Crippen molar-refractivity contribution in [3.8, 4) is 17.1 Å². The van der Waals surface area contributed by atoms with Crippen molar-refractivity contribution in [2.45, 2.75) is 44.3 Å². The first kappa shape index (κ1) is 36.5. The molecule has 0 spiro atoms. The summed E-state index contributed by atoms with van der Waals surface area (Å²) in [5.41, 5.74) is 15.6. The number of aromatic nitrogens is 3. The number of H-pyrrole nitrogens is 1. The fourth-order valence-corrected chi connectivity index (χ4v) is 7.45. The molecule has 3 aliphatic heterocycles. The van der Waals surface area contributed by atoms with E-state index in [9.17, 15) is 18.8 Å². The maximum absolute atomic E-state index is 13.9. The predicted octanol–water partition coefficient (Wildman–Crippen LogP) is 3.52. The molecule has 2 amide bonds. The van der Waals surface area contributed by atoms with Gasteiger partial charge in [0.25, 0.3) is 11.7 Å². The monoisotopic (exact) mass is 734 g/mol. The zero-order valence-electron chi connectivity index (χ0n) is 30.1. The molecule has 5 heterocycles. The van der Waals surface area contributed by atoms with Gasteiger partial charge in [0.2, 0.25) is 5.91 Å². The molecule has 0 saturated carbocycles. The Morgan fingerprint density at radius 3 is 2.72 bits per heavy atom. The molecule has 2 aromatic carbocycles. The van der Waals surface area contributed by atoms with Gasteiger partial charge in [-0.3, -0.25) is 24.8 Å². The molecule has 5 N–H and O–H groups in total. The van der Waals surface area contributed by atoms with Crippen LogP contribution in [0.1, 0.15) is 59.0 Å². The lowest BCUT2D eigenvalue weighted by Gasteiger charge is -2.35. The standard InChI is InChI=1S/C40H44FN9O4/c41-29-5-1-4-27(22-29)35-7-3-15-49(35)36(42)12-14-38-44-24-34(45-38)33-6-2-8-39(46-33)48-18-16-47(17-19-48)20-21-54-31-10-11-32-28(23-31)25-50(40(32)53)30(26-51)9-13-37(43)52/h1-2,4-6,8,10-12,14,22-24,26,30,35H,3,7,9,13,15-21,25H2,(H4,42,43,44,45,46,52)/p+1/t30?,35-/m1/s1. The van der Waals surface area contributed by atoms with E-state index in [1.54, 1.807) is 30.5 Å². The smallest absolute Gasteiger partial charge is 0.268 e. The van der Waals surface area contributed by atoms with Gasteiger partial charge in [-0.1, -0.05) is 18.2 Å². The maximum atomic E-state index is 13.9. The van der Waals surface area contributed by atoms with E-state index in [2.05, 4.69) is 24.3 Å². The zero-order valence-corrected chi connectivity index (χ0v) is 30.1. The first-order valence-corrected chi connectivity index (χ1v) is 18.4. The van der Waals surface area contributed by atoms with E-state index in [-0.39, 0.29) is 37.2 Å². The number of halogens is 1. The van der Waals surface area contributed by atoms with Crippen LogP contribution in [0.3, 0.4) is 0 Å². The Hall–Kier alpha value is -5.89. The van der Waals surface area contributed by atoms with E-state index in [4.69, 9.17) is 21.2 Å². The Morgan fingerprint density at radius 2 is 1.93 bits per heavy atom. The molecule has 54 heavy (non-hydrogen) atoms. The highest BCUT2D eigenvalue weighted by molar-refractivity contribution is 6.00. The molecule has 2 fully saturated rings. The lowest BCUT2D eigenvalue weighted by molar-refractivity contribution is -0.550. The number of anilines is 1. The van der Waals surface area contributed by atoms with E-state index in [1.165, 1.54) is 11.0 Å². The average molecular weight is 735 g/mol. The molecule has 2 atom stereocenters. The number of nitrogens with two attached hydrogens (primary N) is 2. The third-order valence-electron chi connectivity index (χ3n) is 10.4. The molecule has 1 unspecified atom stereocenters. The third-order valence-corrected chi connectivity index (χ3v) is 10.4. The summed E-state index contributed by atoms with van der Waals surface area (Å²) < 4.78 is 22.1. The molecule has 4 aromatic rings. The minimum absolute atomic E-state index is 0.0396. The number of hydrogen-bond donors (Lipinski definition) is 3. The van der Waals surface area contributed by atoms with Crippen molar-refractivity contribution in [3.05, 3.63) is 101 Å². The second-order valence-corrected chi connectivity index (χ2v) is 13.9. The number of ether oxygens (including phenoxy) is 1.